The third-order valence-corrected chi connectivity index (χ3v) is 3.49. The summed E-state index contributed by atoms with van der Waals surface area (Å²) < 4.78 is 1.68. The van der Waals surface area contributed by atoms with Gasteiger partial charge in [-0.25, -0.2) is 4.68 Å². The molecule has 2 N–H and O–H groups in total. The highest BCUT2D eigenvalue weighted by Crippen LogP contribution is 2.16. The summed E-state index contributed by atoms with van der Waals surface area (Å²) in [6, 6.07) is 7.57. The van der Waals surface area contributed by atoms with Crippen molar-refractivity contribution in [3.63, 3.8) is 0 Å². The van der Waals surface area contributed by atoms with Crippen molar-refractivity contribution in [1.29, 1.82) is 0 Å². The summed E-state index contributed by atoms with van der Waals surface area (Å²) in [5.74, 6) is 0.157. The molecule has 1 unspecified atom stereocenters. The van der Waals surface area contributed by atoms with Gasteiger partial charge in [0.2, 0.25) is 5.91 Å². The van der Waals surface area contributed by atoms with Gasteiger partial charge >= 0.3 is 0 Å². The summed E-state index contributed by atoms with van der Waals surface area (Å²) in [6.07, 6.45) is 5.42. The molecule has 1 aromatic carbocycles. The number of benzene rings is 1. The van der Waals surface area contributed by atoms with E-state index in [1.54, 1.807) is 17.1 Å². The number of hydrogen-bond acceptors (Lipinski definition) is 4. The number of aromatic nitrogens is 3. The zero-order valence-corrected chi connectivity index (χ0v) is 11.1. The molecule has 0 spiro atoms. The van der Waals surface area contributed by atoms with Gasteiger partial charge in [0.05, 0.1) is 24.0 Å². The maximum Gasteiger partial charge on any atom is 0.228 e. The average molecular weight is 271 g/mol. The monoisotopic (exact) mass is 271 g/mol. The molecule has 0 bridgehead atoms. The van der Waals surface area contributed by atoms with Gasteiger partial charge in [-0.2, -0.15) is 0 Å². The third kappa shape index (κ3) is 2.85. The molecule has 1 aliphatic heterocycles. The number of piperidine rings is 1. The Kier molecular flexibility index (Phi) is 3.73. The van der Waals surface area contributed by atoms with Crippen molar-refractivity contribution >= 4 is 11.6 Å². The van der Waals surface area contributed by atoms with Crippen molar-refractivity contribution in [1.82, 2.24) is 20.3 Å². The summed E-state index contributed by atoms with van der Waals surface area (Å²) in [7, 11) is 0. The minimum absolute atomic E-state index is 0.0683. The summed E-state index contributed by atoms with van der Waals surface area (Å²) in [5, 5.41) is 13.9. The number of carbonyl (C=O) groups is 1. The molecule has 1 aliphatic rings. The predicted octanol–water partition coefficient (Wildman–Crippen LogP) is 1.21. The van der Waals surface area contributed by atoms with Crippen LogP contribution < -0.4 is 10.6 Å². The Labute approximate surface area is 117 Å². The quantitative estimate of drug-likeness (QED) is 0.880. The van der Waals surface area contributed by atoms with E-state index in [2.05, 4.69) is 20.9 Å². The molecule has 20 heavy (non-hydrogen) atoms. The molecule has 1 fully saturated rings. The molecule has 104 valence electrons. The SMILES string of the molecule is O=C(Nc1ccc(-n2ccnn2)cc1)C1CCCNC1. The summed E-state index contributed by atoms with van der Waals surface area (Å²) >= 11 is 0. The molecule has 1 saturated heterocycles. The van der Waals surface area contributed by atoms with Gasteiger partial charge < -0.3 is 10.6 Å². The highest BCUT2D eigenvalue weighted by atomic mass is 16.1. The fraction of sp³-hybridized carbons (Fsp3) is 0.357. The molecule has 1 amide bonds. The Morgan fingerprint density at radius 2 is 2.20 bits per heavy atom. The first-order valence-corrected chi connectivity index (χ1v) is 6.81. The van der Waals surface area contributed by atoms with Crippen LogP contribution in [0.1, 0.15) is 12.8 Å². The maximum atomic E-state index is 12.1. The van der Waals surface area contributed by atoms with E-state index < -0.39 is 0 Å². The van der Waals surface area contributed by atoms with Crippen molar-refractivity contribution < 1.29 is 4.79 Å². The Morgan fingerprint density at radius 3 is 2.85 bits per heavy atom. The molecule has 0 aliphatic carbocycles. The van der Waals surface area contributed by atoms with E-state index in [1.807, 2.05) is 24.3 Å². The number of amides is 1. The van der Waals surface area contributed by atoms with E-state index in [1.165, 1.54) is 0 Å². The molecule has 0 saturated carbocycles. The fourth-order valence-electron chi connectivity index (χ4n) is 2.36. The van der Waals surface area contributed by atoms with Crippen LogP contribution in [0, 0.1) is 5.92 Å². The second-order valence-corrected chi connectivity index (χ2v) is 4.93. The van der Waals surface area contributed by atoms with Crippen molar-refractivity contribution in [3.05, 3.63) is 36.7 Å². The first-order chi connectivity index (χ1) is 9.83. The highest BCUT2D eigenvalue weighted by Gasteiger charge is 2.20. The summed E-state index contributed by atoms with van der Waals surface area (Å²) in [6.45, 7) is 1.78. The molecule has 0 radical (unpaired) electrons. The fourth-order valence-corrected chi connectivity index (χ4v) is 2.36. The second kappa shape index (κ2) is 5.83. The van der Waals surface area contributed by atoms with Gasteiger partial charge in [0.25, 0.3) is 0 Å². The molecular formula is C14H17N5O. The molecule has 2 heterocycles. The minimum atomic E-state index is 0.0683. The standard InChI is InChI=1S/C14H17N5O/c20-14(11-2-1-7-15-10-11)17-12-3-5-13(6-4-12)19-9-8-16-18-19/h3-6,8-9,11,15H,1-2,7,10H2,(H,17,20). The molecule has 1 atom stereocenters. The van der Waals surface area contributed by atoms with E-state index in [0.29, 0.717) is 0 Å². The lowest BCUT2D eigenvalue weighted by Gasteiger charge is -2.21. The van der Waals surface area contributed by atoms with Crippen LogP contribution in [-0.4, -0.2) is 34.0 Å². The van der Waals surface area contributed by atoms with Crippen LogP contribution in [0.3, 0.4) is 0 Å². The lowest BCUT2D eigenvalue weighted by atomic mass is 9.99. The van der Waals surface area contributed by atoms with Gasteiger partial charge in [-0.1, -0.05) is 5.21 Å². The summed E-state index contributed by atoms with van der Waals surface area (Å²) in [4.78, 5) is 12.1. The van der Waals surface area contributed by atoms with Crippen molar-refractivity contribution in [3.8, 4) is 5.69 Å². The molecular weight excluding hydrogens is 254 g/mol. The zero-order chi connectivity index (χ0) is 13.8. The lowest BCUT2D eigenvalue weighted by Crippen LogP contribution is -2.37. The van der Waals surface area contributed by atoms with Crippen molar-refractivity contribution in [2.45, 2.75) is 12.8 Å². The maximum absolute atomic E-state index is 12.1. The average Bonchev–Trinajstić information content (AvgIpc) is 3.03. The Balaban J connectivity index is 1.64. The van der Waals surface area contributed by atoms with E-state index in [4.69, 9.17) is 0 Å². The normalized spacial score (nSPS) is 18.7. The molecule has 3 rings (SSSR count). The van der Waals surface area contributed by atoms with Crippen LogP contribution in [0.5, 0.6) is 0 Å². The van der Waals surface area contributed by atoms with Crippen LogP contribution >= 0.6 is 0 Å². The third-order valence-electron chi connectivity index (χ3n) is 3.49. The van der Waals surface area contributed by atoms with E-state index in [9.17, 15) is 4.79 Å². The largest absolute Gasteiger partial charge is 0.326 e. The predicted molar refractivity (Wildman–Crippen MR) is 75.6 cm³/mol. The first kappa shape index (κ1) is 12.8. The molecule has 6 nitrogen and oxygen atoms in total. The number of carbonyl (C=O) groups excluding carboxylic acids is 1. The molecule has 6 heteroatoms. The van der Waals surface area contributed by atoms with Crippen molar-refractivity contribution in [2.75, 3.05) is 18.4 Å². The van der Waals surface area contributed by atoms with E-state index in [0.717, 1.165) is 37.3 Å². The van der Waals surface area contributed by atoms with Gasteiger partial charge in [-0.05, 0) is 43.7 Å². The zero-order valence-electron chi connectivity index (χ0n) is 11.1. The number of nitrogens with zero attached hydrogens (tertiary/aromatic N) is 3. The van der Waals surface area contributed by atoms with E-state index in [-0.39, 0.29) is 11.8 Å². The van der Waals surface area contributed by atoms with Gasteiger partial charge in [0.15, 0.2) is 0 Å². The van der Waals surface area contributed by atoms with Crippen LogP contribution in [0.25, 0.3) is 5.69 Å². The second-order valence-electron chi connectivity index (χ2n) is 4.93. The number of rotatable bonds is 3. The first-order valence-electron chi connectivity index (χ1n) is 6.81. The van der Waals surface area contributed by atoms with Crippen LogP contribution in [-0.2, 0) is 4.79 Å². The lowest BCUT2D eigenvalue weighted by molar-refractivity contribution is -0.120. The van der Waals surface area contributed by atoms with Crippen LogP contribution in [0.15, 0.2) is 36.7 Å². The van der Waals surface area contributed by atoms with Gasteiger partial charge in [0, 0.05) is 12.2 Å². The molecule has 2 aromatic rings. The highest BCUT2D eigenvalue weighted by molar-refractivity contribution is 5.92. The van der Waals surface area contributed by atoms with E-state index >= 15 is 0 Å². The summed E-state index contributed by atoms with van der Waals surface area (Å²) in [5.41, 5.74) is 1.73. The Bertz CT molecular complexity index is 558. The van der Waals surface area contributed by atoms with Gasteiger partial charge in [-0.15, -0.1) is 5.10 Å². The van der Waals surface area contributed by atoms with Crippen molar-refractivity contribution in [2.24, 2.45) is 5.92 Å². The minimum Gasteiger partial charge on any atom is -0.326 e. The number of nitrogens with one attached hydrogen (secondary N) is 2. The van der Waals surface area contributed by atoms with Gasteiger partial charge in [0.1, 0.15) is 0 Å². The van der Waals surface area contributed by atoms with Crippen LogP contribution in [0.4, 0.5) is 5.69 Å². The Hall–Kier alpha value is -2.21. The molecule has 1 aromatic heterocycles. The number of hydrogen-bond donors (Lipinski definition) is 2. The number of anilines is 1. The van der Waals surface area contributed by atoms with Gasteiger partial charge in [-0.3, -0.25) is 4.79 Å². The smallest absolute Gasteiger partial charge is 0.228 e. The topological polar surface area (TPSA) is 71.8 Å². The Morgan fingerprint density at radius 1 is 1.35 bits per heavy atom. The van der Waals surface area contributed by atoms with Crippen LogP contribution in [0.2, 0.25) is 0 Å².